The fourth-order valence-electron chi connectivity index (χ4n) is 1.26. The second-order valence-electron chi connectivity index (χ2n) is 3.26. The van der Waals surface area contributed by atoms with Crippen LogP contribution >= 0.6 is 15.9 Å². The minimum absolute atomic E-state index is 0.192. The average Bonchev–Trinajstić information content (AvgIpc) is 2.74. The zero-order chi connectivity index (χ0) is 10.7. The number of nitrogens with zero attached hydrogens (tertiary/aromatic N) is 2. The number of nitrogens with one attached hydrogen (secondary N) is 2. The van der Waals surface area contributed by atoms with Crippen LogP contribution in [0.3, 0.4) is 0 Å². The predicted octanol–water partition coefficient (Wildman–Crippen LogP) is 2.74. The molecule has 1 atom stereocenters. The Morgan fingerprint density at radius 2 is 2.27 bits per heavy atom. The molecule has 5 heteroatoms. The molecular weight excluding hydrogens is 256 g/mol. The maximum atomic E-state index is 4.24. The van der Waals surface area contributed by atoms with Crippen molar-refractivity contribution in [2.45, 2.75) is 13.0 Å². The number of hydrogen-bond donors (Lipinski definition) is 2. The van der Waals surface area contributed by atoms with Crippen molar-refractivity contribution in [3.05, 3.63) is 40.8 Å². The first-order chi connectivity index (χ1) is 7.25. The largest absolute Gasteiger partial charge is 0.363 e. The van der Waals surface area contributed by atoms with Crippen molar-refractivity contribution in [3.8, 4) is 0 Å². The highest BCUT2D eigenvalue weighted by atomic mass is 79.9. The van der Waals surface area contributed by atoms with E-state index in [1.165, 1.54) is 0 Å². The number of hydrogen-bond acceptors (Lipinski definition) is 3. The van der Waals surface area contributed by atoms with E-state index in [9.17, 15) is 0 Å². The van der Waals surface area contributed by atoms with E-state index in [0.717, 1.165) is 15.9 Å². The SMILES string of the molecule is CC(Nc1ccc(Br)cn1)c1cn[nH]c1. The summed E-state index contributed by atoms with van der Waals surface area (Å²) in [5, 5.41) is 9.97. The number of H-pyrrole nitrogens is 1. The molecule has 0 aliphatic carbocycles. The van der Waals surface area contributed by atoms with Gasteiger partial charge in [0.05, 0.1) is 12.2 Å². The van der Waals surface area contributed by atoms with Gasteiger partial charge in [0, 0.05) is 22.4 Å². The molecule has 1 unspecified atom stereocenters. The molecule has 0 aromatic carbocycles. The van der Waals surface area contributed by atoms with Crippen LogP contribution in [0.25, 0.3) is 0 Å². The summed E-state index contributed by atoms with van der Waals surface area (Å²) < 4.78 is 0.976. The Morgan fingerprint density at radius 3 is 2.87 bits per heavy atom. The quantitative estimate of drug-likeness (QED) is 0.899. The third-order valence-corrected chi connectivity index (χ3v) is 2.58. The zero-order valence-electron chi connectivity index (χ0n) is 8.24. The summed E-state index contributed by atoms with van der Waals surface area (Å²) in [4.78, 5) is 4.24. The van der Waals surface area contributed by atoms with Crippen molar-refractivity contribution >= 4 is 21.7 Å². The van der Waals surface area contributed by atoms with E-state index in [1.807, 2.05) is 18.3 Å². The van der Waals surface area contributed by atoms with Gasteiger partial charge in [0.1, 0.15) is 5.82 Å². The molecule has 0 aliphatic rings. The van der Waals surface area contributed by atoms with Crippen LogP contribution in [-0.4, -0.2) is 15.2 Å². The summed E-state index contributed by atoms with van der Waals surface area (Å²) in [7, 11) is 0. The van der Waals surface area contributed by atoms with E-state index in [2.05, 4.69) is 43.4 Å². The van der Waals surface area contributed by atoms with Gasteiger partial charge in [-0.2, -0.15) is 5.10 Å². The van der Waals surface area contributed by atoms with Gasteiger partial charge in [-0.1, -0.05) is 0 Å². The molecule has 0 amide bonds. The highest BCUT2D eigenvalue weighted by molar-refractivity contribution is 9.10. The second kappa shape index (κ2) is 4.44. The van der Waals surface area contributed by atoms with E-state index >= 15 is 0 Å². The lowest BCUT2D eigenvalue weighted by Gasteiger charge is -2.12. The standard InChI is InChI=1S/C10H11BrN4/c1-7(8-4-13-14-5-8)15-10-3-2-9(11)6-12-10/h2-7H,1H3,(H,12,15)(H,13,14). The summed E-state index contributed by atoms with van der Waals surface area (Å²) in [6, 6.07) is 4.08. The third kappa shape index (κ3) is 2.56. The molecule has 2 aromatic rings. The van der Waals surface area contributed by atoms with Crippen molar-refractivity contribution in [3.63, 3.8) is 0 Å². The number of halogens is 1. The first kappa shape index (κ1) is 10.2. The Bertz CT molecular complexity index is 409. The van der Waals surface area contributed by atoms with Gasteiger partial charge in [0.25, 0.3) is 0 Å². The lowest BCUT2D eigenvalue weighted by Crippen LogP contribution is -2.06. The van der Waals surface area contributed by atoms with Crippen LogP contribution in [0.15, 0.2) is 35.2 Å². The van der Waals surface area contributed by atoms with Crippen LogP contribution in [0.2, 0.25) is 0 Å². The monoisotopic (exact) mass is 266 g/mol. The minimum Gasteiger partial charge on any atom is -0.363 e. The first-order valence-corrected chi connectivity index (χ1v) is 5.42. The molecule has 2 N–H and O–H groups in total. The van der Waals surface area contributed by atoms with E-state index in [4.69, 9.17) is 0 Å². The summed E-state index contributed by atoms with van der Waals surface area (Å²) in [5.41, 5.74) is 1.11. The molecule has 0 spiro atoms. The maximum Gasteiger partial charge on any atom is 0.126 e. The van der Waals surface area contributed by atoms with E-state index in [-0.39, 0.29) is 6.04 Å². The lowest BCUT2D eigenvalue weighted by atomic mass is 10.2. The molecule has 0 radical (unpaired) electrons. The van der Waals surface area contributed by atoms with Crippen molar-refractivity contribution in [1.29, 1.82) is 0 Å². The van der Waals surface area contributed by atoms with Crippen LogP contribution in [0.4, 0.5) is 5.82 Å². The topological polar surface area (TPSA) is 53.6 Å². The van der Waals surface area contributed by atoms with Gasteiger partial charge in [-0.05, 0) is 35.0 Å². The maximum absolute atomic E-state index is 4.24. The summed E-state index contributed by atoms with van der Waals surface area (Å²) in [6.07, 6.45) is 5.44. The Kier molecular flexibility index (Phi) is 3.01. The molecule has 0 saturated heterocycles. The molecule has 78 valence electrons. The Hall–Kier alpha value is -1.36. The molecule has 0 aliphatic heterocycles. The van der Waals surface area contributed by atoms with E-state index < -0.39 is 0 Å². The third-order valence-electron chi connectivity index (χ3n) is 2.11. The highest BCUT2D eigenvalue weighted by Gasteiger charge is 2.06. The van der Waals surface area contributed by atoms with Crippen LogP contribution in [-0.2, 0) is 0 Å². The van der Waals surface area contributed by atoms with Gasteiger partial charge < -0.3 is 5.32 Å². The van der Waals surface area contributed by atoms with Crippen molar-refractivity contribution < 1.29 is 0 Å². The fraction of sp³-hybridized carbons (Fsp3) is 0.200. The Morgan fingerprint density at radius 1 is 1.40 bits per heavy atom. The molecular formula is C10H11BrN4. The fourth-order valence-corrected chi connectivity index (χ4v) is 1.50. The number of rotatable bonds is 3. The molecule has 4 nitrogen and oxygen atoms in total. The van der Waals surface area contributed by atoms with Crippen LogP contribution in [0.5, 0.6) is 0 Å². The molecule has 15 heavy (non-hydrogen) atoms. The van der Waals surface area contributed by atoms with Gasteiger partial charge in [0.15, 0.2) is 0 Å². The van der Waals surface area contributed by atoms with Gasteiger partial charge in [-0.15, -0.1) is 0 Å². The molecule has 2 rings (SSSR count). The molecule has 2 heterocycles. The Balaban J connectivity index is 2.06. The predicted molar refractivity (Wildman–Crippen MR) is 62.6 cm³/mol. The summed E-state index contributed by atoms with van der Waals surface area (Å²) in [6.45, 7) is 2.06. The smallest absolute Gasteiger partial charge is 0.126 e. The van der Waals surface area contributed by atoms with Crippen LogP contribution in [0.1, 0.15) is 18.5 Å². The van der Waals surface area contributed by atoms with Crippen molar-refractivity contribution in [2.75, 3.05) is 5.32 Å². The number of pyridine rings is 1. The average molecular weight is 267 g/mol. The van der Waals surface area contributed by atoms with Gasteiger partial charge in [-0.3, -0.25) is 5.10 Å². The molecule has 2 aromatic heterocycles. The number of anilines is 1. The summed E-state index contributed by atoms with van der Waals surface area (Å²) in [5.74, 6) is 0.854. The van der Waals surface area contributed by atoms with Crippen LogP contribution < -0.4 is 5.32 Å². The number of aromatic amines is 1. The first-order valence-electron chi connectivity index (χ1n) is 4.62. The van der Waals surface area contributed by atoms with Crippen molar-refractivity contribution in [2.24, 2.45) is 0 Å². The highest BCUT2D eigenvalue weighted by Crippen LogP contribution is 2.17. The van der Waals surface area contributed by atoms with Gasteiger partial charge in [0.2, 0.25) is 0 Å². The van der Waals surface area contributed by atoms with Gasteiger partial charge >= 0.3 is 0 Å². The molecule has 0 fully saturated rings. The Labute approximate surface area is 96.3 Å². The normalized spacial score (nSPS) is 12.4. The van der Waals surface area contributed by atoms with Crippen molar-refractivity contribution in [1.82, 2.24) is 15.2 Å². The molecule has 0 saturated carbocycles. The van der Waals surface area contributed by atoms with E-state index in [1.54, 1.807) is 12.4 Å². The number of aromatic nitrogens is 3. The summed E-state index contributed by atoms with van der Waals surface area (Å²) >= 11 is 3.35. The molecule has 0 bridgehead atoms. The lowest BCUT2D eigenvalue weighted by molar-refractivity contribution is 0.875. The minimum atomic E-state index is 0.192. The van der Waals surface area contributed by atoms with Gasteiger partial charge in [-0.25, -0.2) is 4.98 Å². The zero-order valence-corrected chi connectivity index (χ0v) is 9.82. The van der Waals surface area contributed by atoms with Crippen LogP contribution in [0, 0.1) is 0 Å². The van der Waals surface area contributed by atoms with E-state index in [0.29, 0.717) is 0 Å². The second-order valence-corrected chi connectivity index (χ2v) is 4.17.